The molecule has 96 valence electrons. The van der Waals surface area contributed by atoms with Gasteiger partial charge in [-0.1, -0.05) is 19.3 Å². The third-order valence-electron chi connectivity index (χ3n) is 3.78. The van der Waals surface area contributed by atoms with E-state index in [2.05, 4.69) is 23.5 Å². The monoisotopic (exact) mass is 236 g/mol. The van der Waals surface area contributed by atoms with E-state index in [0.29, 0.717) is 6.54 Å². The summed E-state index contributed by atoms with van der Waals surface area (Å²) >= 11 is 0. The van der Waals surface area contributed by atoms with Crippen LogP contribution in [0.4, 0.5) is 0 Å². The molecule has 2 rings (SSSR count). The zero-order valence-electron chi connectivity index (χ0n) is 10.7. The van der Waals surface area contributed by atoms with Crippen LogP contribution in [0.1, 0.15) is 44.2 Å². The van der Waals surface area contributed by atoms with Gasteiger partial charge in [0.15, 0.2) is 0 Å². The molecule has 1 heterocycles. The van der Waals surface area contributed by atoms with E-state index in [-0.39, 0.29) is 6.04 Å². The van der Waals surface area contributed by atoms with Crippen LogP contribution in [0, 0.1) is 5.92 Å². The van der Waals surface area contributed by atoms with Gasteiger partial charge in [0.1, 0.15) is 0 Å². The summed E-state index contributed by atoms with van der Waals surface area (Å²) in [6.07, 6.45) is 9.57. The Morgan fingerprint density at radius 2 is 2.41 bits per heavy atom. The fourth-order valence-corrected chi connectivity index (χ4v) is 2.31. The van der Waals surface area contributed by atoms with Gasteiger partial charge in [0.2, 0.25) is 0 Å². The number of hydrogen-bond donors (Lipinski definition) is 2. The summed E-state index contributed by atoms with van der Waals surface area (Å²) < 4.78 is 1.95. The van der Waals surface area contributed by atoms with Gasteiger partial charge in [0.05, 0.1) is 6.20 Å². The van der Waals surface area contributed by atoms with Gasteiger partial charge in [-0.15, -0.1) is 0 Å². The topological polar surface area (TPSA) is 55.9 Å². The van der Waals surface area contributed by atoms with Crippen LogP contribution in [0.2, 0.25) is 0 Å². The molecule has 1 aromatic heterocycles. The maximum atomic E-state index is 5.82. The fourth-order valence-electron chi connectivity index (χ4n) is 2.31. The van der Waals surface area contributed by atoms with Crippen molar-refractivity contribution in [1.29, 1.82) is 0 Å². The highest BCUT2D eigenvalue weighted by molar-refractivity contribution is 5.10. The Bertz CT molecular complexity index is 330. The van der Waals surface area contributed by atoms with Crippen molar-refractivity contribution < 1.29 is 0 Å². The molecule has 17 heavy (non-hydrogen) atoms. The third-order valence-corrected chi connectivity index (χ3v) is 3.78. The Labute approximate surface area is 104 Å². The first kappa shape index (κ1) is 12.6. The molecule has 0 bridgehead atoms. The second-order valence-corrected chi connectivity index (χ2v) is 4.96. The smallest absolute Gasteiger partial charge is 0.0538 e. The number of hydrogen-bond acceptors (Lipinski definition) is 3. The van der Waals surface area contributed by atoms with Gasteiger partial charge < -0.3 is 11.1 Å². The molecule has 1 aromatic rings. The average Bonchev–Trinajstić information content (AvgIpc) is 2.75. The molecule has 0 saturated heterocycles. The first-order valence-electron chi connectivity index (χ1n) is 6.79. The summed E-state index contributed by atoms with van der Waals surface area (Å²) in [5.74, 6) is 0.958. The number of rotatable bonds is 7. The Morgan fingerprint density at radius 3 is 2.94 bits per heavy atom. The molecule has 1 atom stereocenters. The van der Waals surface area contributed by atoms with Crippen LogP contribution in [0.15, 0.2) is 12.4 Å². The van der Waals surface area contributed by atoms with E-state index < -0.39 is 0 Å². The van der Waals surface area contributed by atoms with Crippen LogP contribution in [0.3, 0.4) is 0 Å². The van der Waals surface area contributed by atoms with Crippen LogP contribution < -0.4 is 11.1 Å². The van der Waals surface area contributed by atoms with Crippen molar-refractivity contribution in [1.82, 2.24) is 15.1 Å². The molecular weight excluding hydrogens is 212 g/mol. The van der Waals surface area contributed by atoms with Crippen LogP contribution in [-0.2, 0) is 6.54 Å². The normalized spacial score (nSPS) is 18.0. The Morgan fingerprint density at radius 1 is 1.59 bits per heavy atom. The molecule has 0 amide bonds. The van der Waals surface area contributed by atoms with Gasteiger partial charge in [-0.25, -0.2) is 0 Å². The van der Waals surface area contributed by atoms with E-state index in [1.54, 1.807) is 0 Å². The van der Waals surface area contributed by atoms with Crippen LogP contribution in [0.5, 0.6) is 0 Å². The summed E-state index contributed by atoms with van der Waals surface area (Å²) in [5.41, 5.74) is 7.03. The molecule has 0 spiro atoms. The molecular formula is C13H24N4. The second-order valence-electron chi connectivity index (χ2n) is 4.96. The van der Waals surface area contributed by atoms with E-state index in [4.69, 9.17) is 5.73 Å². The highest BCUT2D eigenvalue weighted by Gasteiger charge is 2.17. The number of aromatic nitrogens is 2. The highest BCUT2D eigenvalue weighted by Crippen LogP contribution is 2.28. The molecule has 1 unspecified atom stereocenters. The minimum atomic E-state index is 0.260. The molecule has 3 N–H and O–H groups in total. The summed E-state index contributed by atoms with van der Waals surface area (Å²) in [6, 6.07) is 0.260. The standard InChI is InChI=1S/C13H24N4/c1-2-17-10-12(9-16-17)13(8-14)15-7-6-11-4-3-5-11/h9-11,13,15H,2-8,14H2,1H3. The van der Waals surface area contributed by atoms with Crippen molar-refractivity contribution >= 4 is 0 Å². The number of nitrogens with two attached hydrogens (primary N) is 1. The Kier molecular flexibility index (Phi) is 4.57. The lowest BCUT2D eigenvalue weighted by molar-refractivity contribution is 0.288. The van der Waals surface area contributed by atoms with E-state index in [1.807, 2.05) is 10.9 Å². The summed E-state index contributed by atoms with van der Waals surface area (Å²) in [5, 5.41) is 7.84. The van der Waals surface area contributed by atoms with Gasteiger partial charge in [-0.05, 0) is 25.8 Å². The maximum absolute atomic E-state index is 5.82. The second kappa shape index (κ2) is 6.17. The molecule has 1 saturated carbocycles. The number of aryl methyl sites for hydroxylation is 1. The van der Waals surface area contributed by atoms with Gasteiger partial charge in [-0.2, -0.15) is 5.10 Å². The predicted molar refractivity (Wildman–Crippen MR) is 69.7 cm³/mol. The minimum absolute atomic E-state index is 0.260. The van der Waals surface area contributed by atoms with Gasteiger partial charge in [-0.3, -0.25) is 4.68 Å². The van der Waals surface area contributed by atoms with Gasteiger partial charge >= 0.3 is 0 Å². The van der Waals surface area contributed by atoms with Gasteiger partial charge in [0.25, 0.3) is 0 Å². The number of nitrogens with zero attached hydrogens (tertiary/aromatic N) is 2. The number of nitrogens with one attached hydrogen (secondary N) is 1. The molecule has 4 heteroatoms. The highest BCUT2D eigenvalue weighted by atomic mass is 15.3. The average molecular weight is 236 g/mol. The SMILES string of the molecule is CCn1cc(C(CN)NCCC2CCC2)cn1. The largest absolute Gasteiger partial charge is 0.329 e. The first-order valence-corrected chi connectivity index (χ1v) is 6.79. The minimum Gasteiger partial charge on any atom is -0.329 e. The summed E-state index contributed by atoms with van der Waals surface area (Å²) in [7, 11) is 0. The molecule has 1 fully saturated rings. The van der Waals surface area contributed by atoms with Crippen molar-refractivity contribution in [2.24, 2.45) is 11.7 Å². The van der Waals surface area contributed by atoms with Crippen LogP contribution >= 0.6 is 0 Å². The summed E-state index contributed by atoms with van der Waals surface area (Å²) in [6.45, 7) is 4.72. The predicted octanol–water partition coefficient (Wildman–Crippen LogP) is 1.68. The molecule has 1 aliphatic carbocycles. The third kappa shape index (κ3) is 3.30. The zero-order chi connectivity index (χ0) is 12.1. The first-order chi connectivity index (χ1) is 8.33. The quantitative estimate of drug-likeness (QED) is 0.757. The van der Waals surface area contributed by atoms with Crippen molar-refractivity contribution in [3.63, 3.8) is 0 Å². The van der Waals surface area contributed by atoms with E-state index in [1.165, 1.54) is 31.2 Å². The Balaban J connectivity index is 1.78. The molecule has 0 aliphatic heterocycles. The maximum Gasteiger partial charge on any atom is 0.0538 e. The lowest BCUT2D eigenvalue weighted by Gasteiger charge is -2.26. The van der Waals surface area contributed by atoms with Crippen molar-refractivity contribution in [2.75, 3.05) is 13.1 Å². The van der Waals surface area contributed by atoms with E-state index >= 15 is 0 Å². The van der Waals surface area contributed by atoms with Crippen molar-refractivity contribution in [3.05, 3.63) is 18.0 Å². The molecule has 0 aromatic carbocycles. The van der Waals surface area contributed by atoms with E-state index in [9.17, 15) is 0 Å². The van der Waals surface area contributed by atoms with E-state index in [0.717, 1.165) is 19.0 Å². The molecule has 4 nitrogen and oxygen atoms in total. The lowest BCUT2D eigenvalue weighted by Crippen LogP contribution is -2.30. The van der Waals surface area contributed by atoms with Crippen LogP contribution in [0.25, 0.3) is 0 Å². The van der Waals surface area contributed by atoms with Gasteiger partial charge in [0, 0.05) is 30.9 Å². The Hall–Kier alpha value is -0.870. The molecule has 1 aliphatic rings. The van der Waals surface area contributed by atoms with Crippen LogP contribution in [-0.4, -0.2) is 22.9 Å². The molecule has 0 radical (unpaired) electrons. The fraction of sp³-hybridized carbons (Fsp3) is 0.769. The van der Waals surface area contributed by atoms with Crippen molar-refractivity contribution in [2.45, 2.75) is 45.2 Å². The summed E-state index contributed by atoms with van der Waals surface area (Å²) in [4.78, 5) is 0. The zero-order valence-corrected chi connectivity index (χ0v) is 10.7. The van der Waals surface area contributed by atoms with Crippen molar-refractivity contribution in [3.8, 4) is 0 Å². The lowest BCUT2D eigenvalue weighted by atomic mass is 9.83.